The van der Waals surface area contributed by atoms with Crippen molar-refractivity contribution in [1.29, 1.82) is 0 Å². The fourth-order valence-corrected chi connectivity index (χ4v) is 3.34. The molecule has 1 amide bonds. The molecule has 1 fully saturated rings. The van der Waals surface area contributed by atoms with Gasteiger partial charge in [-0.2, -0.15) is 0 Å². The van der Waals surface area contributed by atoms with Crippen LogP contribution in [-0.2, 0) is 0 Å². The minimum atomic E-state index is -0.156. The lowest BCUT2D eigenvalue weighted by Crippen LogP contribution is -2.47. The predicted octanol–water partition coefficient (Wildman–Crippen LogP) is 2.73. The number of carbonyl (C=O) groups is 1. The summed E-state index contributed by atoms with van der Waals surface area (Å²) < 4.78 is 5.47. The standard InChI is InChI=1S/C21H29N5O2/c1-3-4-7-10-22-21(27)17-15-24-20(16-23-17)26-13-11-25(12-14-26)18-8-5-6-9-19(18)28-2/h5-6,8-9,15-16H,3-4,7,10-14H2,1-2H3,(H,22,27). The van der Waals surface area contributed by atoms with Gasteiger partial charge in [0.05, 0.1) is 25.2 Å². The Kier molecular flexibility index (Phi) is 7.06. The molecular formula is C21H29N5O2. The van der Waals surface area contributed by atoms with Crippen molar-refractivity contribution in [2.75, 3.05) is 49.6 Å². The molecule has 1 aromatic heterocycles. The summed E-state index contributed by atoms with van der Waals surface area (Å²) in [6.07, 6.45) is 6.50. The van der Waals surface area contributed by atoms with E-state index in [1.54, 1.807) is 19.5 Å². The molecule has 0 unspecified atom stereocenters. The Morgan fingerprint density at radius 3 is 2.50 bits per heavy atom. The molecule has 0 spiro atoms. The van der Waals surface area contributed by atoms with Gasteiger partial charge in [0.1, 0.15) is 17.3 Å². The molecule has 1 aliphatic heterocycles. The molecule has 7 nitrogen and oxygen atoms in total. The molecule has 0 atom stereocenters. The van der Waals surface area contributed by atoms with Crippen molar-refractivity contribution in [2.45, 2.75) is 26.2 Å². The van der Waals surface area contributed by atoms with Gasteiger partial charge in [-0.3, -0.25) is 4.79 Å². The van der Waals surface area contributed by atoms with Crippen LogP contribution in [0.15, 0.2) is 36.7 Å². The first-order valence-electron chi connectivity index (χ1n) is 9.96. The van der Waals surface area contributed by atoms with E-state index in [0.29, 0.717) is 12.2 Å². The van der Waals surface area contributed by atoms with Gasteiger partial charge in [-0.05, 0) is 18.6 Å². The van der Waals surface area contributed by atoms with E-state index >= 15 is 0 Å². The molecule has 0 bridgehead atoms. The number of hydrogen-bond donors (Lipinski definition) is 1. The van der Waals surface area contributed by atoms with E-state index in [1.165, 1.54) is 0 Å². The Labute approximate surface area is 166 Å². The smallest absolute Gasteiger partial charge is 0.271 e. The molecule has 28 heavy (non-hydrogen) atoms. The number of para-hydroxylation sites is 2. The van der Waals surface area contributed by atoms with Gasteiger partial charge in [0.2, 0.25) is 0 Å². The van der Waals surface area contributed by atoms with E-state index in [-0.39, 0.29) is 5.91 Å². The van der Waals surface area contributed by atoms with Gasteiger partial charge in [-0.1, -0.05) is 31.9 Å². The number of nitrogens with zero attached hydrogens (tertiary/aromatic N) is 4. The normalized spacial score (nSPS) is 14.1. The van der Waals surface area contributed by atoms with E-state index in [9.17, 15) is 4.79 Å². The third kappa shape index (κ3) is 4.91. The second kappa shape index (κ2) is 9.92. The van der Waals surface area contributed by atoms with Crippen molar-refractivity contribution < 1.29 is 9.53 Å². The zero-order valence-corrected chi connectivity index (χ0v) is 16.7. The highest BCUT2D eigenvalue weighted by atomic mass is 16.5. The number of amides is 1. The van der Waals surface area contributed by atoms with Crippen LogP contribution in [0.1, 0.15) is 36.7 Å². The van der Waals surface area contributed by atoms with Crippen LogP contribution in [0, 0.1) is 0 Å². The highest BCUT2D eigenvalue weighted by molar-refractivity contribution is 5.91. The van der Waals surface area contributed by atoms with Gasteiger partial charge in [0, 0.05) is 32.7 Å². The maximum absolute atomic E-state index is 12.1. The summed E-state index contributed by atoms with van der Waals surface area (Å²) in [5.74, 6) is 1.54. The number of piperazine rings is 1. The fourth-order valence-electron chi connectivity index (χ4n) is 3.34. The Morgan fingerprint density at radius 2 is 1.82 bits per heavy atom. The number of hydrogen-bond acceptors (Lipinski definition) is 6. The maximum Gasteiger partial charge on any atom is 0.271 e. The van der Waals surface area contributed by atoms with Crippen LogP contribution >= 0.6 is 0 Å². The SMILES string of the molecule is CCCCCNC(=O)c1cnc(N2CCN(c3ccccc3OC)CC2)cn1. The van der Waals surface area contributed by atoms with Crippen LogP contribution in [-0.4, -0.2) is 55.7 Å². The monoisotopic (exact) mass is 383 g/mol. The first-order valence-corrected chi connectivity index (χ1v) is 9.96. The van der Waals surface area contributed by atoms with Crippen LogP contribution in [0.2, 0.25) is 0 Å². The van der Waals surface area contributed by atoms with Crippen LogP contribution in [0.5, 0.6) is 5.75 Å². The zero-order chi connectivity index (χ0) is 19.8. The molecule has 7 heteroatoms. The molecule has 0 saturated carbocycles. The summed E-state index contributed by atoms with van der Waals surface area (Å²) in [6.45, 7) is 6.26. The third-order valence-corrected chi connectivity index (χ3v) is 4.97. The minimum absolute atomic E-state index is 0.156. The van der Waals surface area contributed by atoms with E-state index in [1.807, 2.05) is 18.2 Å². The van der Waals surface area contributed by atoms with Crippen molar-refractivity contribution >= 4 is 17.4 Å². The van der Waals surface area contributed by atoms with E-state index < -0.39 is 0 Å². The topological polar surface area (TPSA) is 70.6 Å². The molecule has 2 heterocycles. The van der Waals surface area contributed by atoms with E-state index in [4.69, 9.17) is 4.74 Å². The van der Waals surface area contributed by atoms with Crippen molar-refractivity contribution in [1.82, 2.24) is 15.3 Å². The van der Waals surface area contributed by atoms with E-state index in [0.717, 1.165) is 62.7 Å². The van der Waals surface area contributed by atoms with Crippen LogP contribution in [0.4, 0.5) is 11.5 Å². The molecule has 1 aliphatic rings. The van der Waals surface area contributed by atoms with Crippen molar-refractivity contribution in [3.05, 3.63) is 42.4 Å². The largest absolute Gasteiger partial charge is 0.495 e. The summed E-state index contributed by atoms with van der Waals surface area (Å²) in [6, 6.07) is 8.08. The number of benzene rings is 1. The summed E-state index contributed by atoms with van der Waals surface area (Å²) in [4.78, 5) is 25.4. The number of aromatic nitrogens is 2. The molecule has 0 radical (unpaired) electrons. The van der Waals surface area contributed by atoms with E-state index in [2.05, 4.69) is 38.1 Å². The van der Waals surface area contributed by atoms with Gasteiger partial charge in [0.15, 0.2) is 0 Å². The molecule has 1 saturated heterocycles. The minimum Gasteiger partial charge on any atom is -0.495 e. The lowest BCUT2D eigenvalue weighted by molar-refractivity contribution is 0.0947. The first-order chi connectivity index (χ1) is 13.7. The first kappa shape index (κ1) is 19.9. The number of carbonyl (C=O) groups excluding carboxylic acids is 1. The number of rotatable bonds is 8. The zero-order valence-electron chi connectivity index (χ0n) is 16.7. The Bertz CT molecular complexity index is 758. The Hall–Kier alpha value is -2.83. The van der Waals surface area contributed by atoms with Gasteiger partial charge in [-0.25, -0.2) is 9.97 Å². The highest BCUT2D eigenvalue weighted by Crippen LogP contribution is 2.28. The Morgan fingerprint density at radius 1 is 1.07 bits per heavy atom. The van der Waals surface area contributed by atoms with Gasteiger partial charge in [0.25, 0.3) is 5.91 Å². The summed E-state index contributed by atoms with van der Waals surface area (Å²) >= 11 is 0. The lowest BCUT2D eigenvalue weighted by atomic mass is 10.2. The molecule has 1 aromatic carbocycles. The van der Waals surface area contributed by atoms with Crippen molar-refractivity contribution in [3.63, 3.8) is 0 Å². The summed E-state index contributed by atoms with van der Waals surface area (Å²) in [5.41, 5.74) is 1.48. The molecular weight excluding hydrogens is 354 g/mol. The van der Waals surface area contributed by atoms with Crippen molar-refractivity contribution in [2.24, 2.45) is 0 Å². The van der Waals surface area contributed by atoms with Gasteiger partial charge < -0.3 is 19.9 Å². The summed E-state index contributed by atoms with van der Waals surface area (Å²) in [7, 11) is 1.70. The van der Waals surface area contributed by atoms with Crippen LogP contribution < -0.4 is 19.9 Å². The number of unbranched alkanes of at least 4 members (excludes halogenated alkanes) is 2. The molecule has 1 N–H and O–H groups in total. The van der Waals surface area contributed by atoms with Gasteiger partial charge in [-0.15, -0.1) is 0 Å². The number of anilines is 2. The lowest BCUT2D eigenvalue weighted by Gasteiger charge is -2.37. The Balaban J connectivity index is 1.54. The maximum atomic E-state index is 12.1. The molecule has 2 aromatic rings. The second-order valence-electron chi connectivity index (χ2n) is 6.87. The third-order valence-electron chi connectivity index (χ3n) is 4.97. The fraction of sp³-hybridized carbons (Fsp3) is 0.476. The number of ether oxygens (including phenoxy) is 1. The summed E-state index contributed by atoms with van der Waals surface area (Å²) in [5, 5.41) is 2.89. The second-order valence-corrected chi connectivity index (χ2v) is 6.87. The average Bonchev–Trinajstić information content (AvgIpc) is 2.77. The van der Waals surface area contributed by atoms with Crippen LogP contribution in [0.25, 0.3) is 0 Å². The molecule has 150 valence electrons. The molecule has 0 aliphatic carbocycles. The quantitative estimate of drug-likeness (QED) is 0.707. The average molecular weight is 383 g/mol. The molecule has 3 rings (SSSR count). The highest BCUT2D eigenvalue weighted by Gasteiger charge is 2.21. The van der Waals surface area contributed by atoms with Gasteiger partial charge >= 0.3 is 0 Å². The predicted molar refractivity (Wildman–Crippen MR) is 111 cm³/mol. The number of nitrogens with one attached hydrogen (secondary N) is 1. The van der Waals surface area contributed by atoms with Crippen molar-refractivity contribution in [3.8, 4) is 5.75 Å². The van der Waals surface area contributed by atoms with Crippen LogP contribution in [0.3, 0.4) is 0 Å². The number of methoxy groups -OCH3 is 1.